The number of carbonyl (C=O) groups is 1. The van der Waals surface area contributed by atoms with Crippen LogP contribution < -0.4 is 10.6 Å². The Morgan fingerprint density at radius 3 is 2.80 bits per heavy atom. The number of nitrogens with two attached hydrogens (primary N) is 1. The monoisotopic (exact) mass is 271 g/mol. The van der Waals surface area contributed by atoms with Gasteiger partial charge in [0.25, 0.3) is 0 Å². The fourth-order valence-electron chi connectivity index (χ4n) is 1.89. The number of pyridine rings is 1. The van der Waals surface area contributed by atoms with Crippen LogP contribution in [0.4, 0.5) is 11.4 Å². The number of methoxy groups -OCH3 is 1. The van der Waals surface area contributed by atoms with E-state index in [1.807, 2.05) is 36.2 Å². The van der Waals surface area contributed by atoms with E-state index in [1.54, 1.807) is 18.3 Å². The summed E-state index contributed by atoms with van der Waals surface area (Å²) in [5, 5.41) is 0. The molecule has 2 rings (SSSR count). The first kappa shape index (κ1) is 13.9. The minimum Gasteiger partial charge on any atom is -0.465 e. The number of hydrogen-bond donors (Lipinski definition) is 1. The molecule has 0 aliphatic rings. The van der Waals surface area contributed by atoms with Crippen molar-refractivity contribution in [1.82, 2.24) is 4.98 Å². The van der Waals surface area contributed by atoms with E-state index in [0.29, 0.717) is 17.8 Å². The lowest BCUT2D eigenvalue weighted by atomic mass is 10.1. The maximum absolute atomic E-state index is 11.6. The predicted molar refractivity (Wildman–Crippen MR) is 78.5 cm³/mol. The molecule has 0 bridgehead atoms. The molecule has 1 aromatic carbocycles. The van der Waals surface area contributed by atoms with Crippen molar-refractivity contribution < 1.29 is 9.53 Å². The highest BCUT2D eigenvalue weighted by Gasteiger charge is 2.12. The van der Waals surface area contributed by atoms with Gasteiger partial charge >= 0.3 is 5.97 Å². The molecular formula is C15H17N3O2. The van der Waals surface area contributed by atoms with Gasteiger partial charge in [-0.05, 0) is 30.3 Å². The first-order valence-electron chi connectivity index (χ1n) is 6.20. The molecule has 0 radical (unpaired) electrons. The van der Waals surface area contributed by atoms with Crippen LogP contribution in [0.3, 0.4) is 0 Å². The van der Waals surface area contributed by atoms with E-state index in [0.717, 1.165) is 11.4 Å². The third-order valence-corrected chi connectivity index (χ3v) is 3.01. The number of ether oxygens (including phenoxy) is 1. The lowest BCUT2D eigenvalue weighted by Crippen LogP contribution is -2.18. The Morgan fingerprint density at radius 2 is 2.15 bits per heavy atom. The van der Waals surface area contributed by atoms with Crippen LogP contribution in [0.5, 0.6) is 0 Å². The standard InChI is InChI=1S/C15H17N3O2/c1-18(10-11-5-3-4-8-17-11)12-6-7-14(16)13(9-12)15(19)20-2/h3-9H,10,16H2,1-2H3. The van der Waals surface area contributed by atoms with E-state index in [9.17, 15) is 4.79 Å². The molecule has 0 unspecified atom stereocenters. The van der Waals surface area contributed by atoms with E-state index >= 15 is 0 Å². The molecule has 0 aliphatic heterocycles. The molecule has 1 aromatic heterocycles. The van der Waals surface area contributed by atoms with Crippen molar-refractivity contribution in [3.05, 3.63) is 53.9 Å². The van der Waals surface area contributed by atoms with Gasteiger partial charge in [0.2, 0.25) is 0 Å². The van der Waals surface area contributed by atoms with Crippen molar-refractivity contribution in [2.45, 2.75) is 6.54 Å². The smallest absolute Gasteiger partial charge is 0.340 e. The van der Waals surface area contributed by atoms with Gasteiger partial charge < -0.3 is 15.4 Å². The average Bonchev–Trinajstić information content (AvgIpc) is 2.48. The van der Waals surface area contributed by atoms with Gasteiger partial charge in [-0.25, -0.2) is 4.79 Å². The van der Waals surface area contributed by atoms with Gasteiger partial charge in [0, 0.05) is 24.6 Å². The summed E-state index contributed by atoms with van der Waals surface area (Å²) in [5.41, 5.74) is 8.40. The molecule has 104 valence electrons. The van der Waals surface area contributed by atoms with Crippen LogP contribution in [-0.4, -0.2) is 25.1 Å². The summed E-state index contributed by atoms with van der Waals surface area (Å²) in [5.74, 6) is -0.435. The first-order chi connectivity index (χ1) is 9.61. The third kappa shape index (κ3) is 3.06. The van der Waals surface area contributed by atoms with E-state index in [1.165, 1.54) is 7.11 Å². The maximum Gasteiger partial charge on any atom is 0.340 e. The summed E-state index contributed by atoms with van der Waals surface area (Å²) in [6, 6.07) is 11.1. The Hall–Kier alpha value is -2.56. The number of nitrogens with zero attached hydrogens (tertiary/aromatic N) is 2. The molecule has 1 heterocycles. The molecule has 0 saturated carbocycles. The summed E-state index contributed by atoms with van der Waals surface area (Å²) in [6.07, 6.45) is 1.76. The van der Waals surface area contributed by atoms with Crippen LogP contribution in [0.15, 0.2) is 42.6 Å². The zero-order valence-electron chi connectivity index (χ0n) is 11.5. The summed E-state index contributed by atoms with van der Waals surface area (Å²) < 4.78 is 4.72. The van der Waals surface area contributed by atoms with Gasteiger partial charge in [0.1, 0.15) is 0 Å². The molecule has 20 heavy (non-hydrogen) atoms. The number of aromatic nitrogens is 1. The second-order valence-electron chi connectivity index (χ2n) is 4.44. The number of anilines is 2. The second-order valence-corrected chi connectivity index (χ2v) is 4.44. The highest BCUT2D eigenvalue weighted by molar-refractivity contribution is 5.96. The highest BCUT2D eigenvalue weighted by Crippen LogP contribution is 2.22. The van der Waals surface area contributed by atoms with Crippen molar-refractivity contribution in [3.8, 4) is 0 Å². The first-order valence-corrected chi connectivity index (χ1v) is 6.20. The number of carbonyl (C=O) groups excluding carboxylic acids is 1. The van der Waals surface area contributed by atoms with Crippen LogP contribution >= 0.6 is 0 Å². The van der Waals surface area contributed by atoms with Crippen molar-refractivity contribution in [2.75, 3.05) is 24.8 Å². The number of hydrogen-bond acceptors (Lipinski definition) is 5. The maximum atomic E-state index is 11.6. The zero-order chi connectivity index (χ0) is 14.5. The Balaban J connectivity index is 2.22. The molecular weight excluding hydrogens is 254 g/mol. The Bertz CT molecular complexity index is 599. The van der Waals surface area contributed by atoms with Gasteiger partial charge in [-0.3, -0.25) is 4.98 Å². The van der Waals surface area contributed by atoms with Crippen molar-refractivity contribution in [2.24, 2.45) is 0 Å². The summed E-state index contributed by atoms with van der Waals surface area (Å²) in [7, 11) is 3.27. The quantitative estimate of drug-likeness (QED) is 0.681. The van der Waals surface area contributed by atoms with Crippen LogP contribution in [0, 0.1) is 0 Å². The van der Waals surface area contributed by atoms with Gasteiger partial charge in [-0.15, -0.1) is 0 Å². The molecule has 0 amide bonds. The zero-order valence-corrected chi connectivity index (χ0v) is 11.5. The van der Waals surface area contributed by atoms with Crippen LogP contribution in [0.1, 0.15) is 16.1 Å². The molecule has 2 N–H and O–H groups in total. The number of benzene rings is 1. The van der Waals surface area contributed by atoms with Crippen molar-refractivity contribution >= 4 is 17.3 Å². The van der Waals surface area contributed by atoms with E-state index in [-0.39, 0.29) is 0 Å². The van der Waals surface area contributed by atoms with E-state index in [4.69, 9.17) is 10.5 Å². The van der Waals surface area contributed by atoms with Crippen LogP contribution in [0.2, 0.25) is 0 Å². The Morgan fingerprint density at radius 1 is 1.35 bits per heavy atom. The minimum atomic E-state index is -0.435. The largest absolute Gasteiger partial charge is 0.465 e. The van der Waals surface area contributed by atoms with Crippen LogP contribution in [0.25, 0.3) is 0 Å². The Labute approximate surface area is 118 Å². The second kappa shape index (κ2) is 6.06. The number of rotatable bonds is 4. The number of nitrogen functional groups attached to an aromatic ring is 1. The summed E-state index contributed by atoms with van der Waals surface area (Å²) >= 11 is 0. The van der Waals surface area contributed by atoms with Gasteiger partial charge in [0.05, 0.1) is 24.9 Å². The molecule has 0 fully saturated rings. The normalized spacial score (nSPS) is 10.1. The fraction of sp³-hybridized carbons (Fsp3) is 0.200. The average molecular weight is 271 g/mol. The lowest BCUT2D eigenvalue weighted by molar-refractivity contribution is 0.0602. The molecule has 2 aromatic rings. The summed E-state index contributed by atoms with van der Waals surface area (Å²) in [4.78, 5) is 17.9. The molecule has 5 heteroatoms. The van der Waals surface area contributed by atoms with Gasteiger partial charge in [-0.1, -0.05) is 6.07 Å². The third-order valence-electron chi connectivity index (χ3n) is 3.01. The molecule has 0 spiro atoms. The highest BCUT2D eigenvalue weighted by atomic mass is 16.5. The van der Waals surface area contributed by atoms with E-state index < -0.39 is 5.97 Å². The SMILES string of the molecule is COC(=O)c1cc(N(C)Cc2ccccn2)ccc1N. The predicted octanol–water partition coefficient (Wildman–Crippen LogP) is 2.09. The Kier molecular flexibility index (Phi) is 4.20. The van der Waals surface area contributed by atoms with Gasteiger partial charge in [0.15, 0.2) is 0 Å². The van der Waals surface area contributed by atoms with Crippen molar-refractivity contribution in [1.29, 1.82) is 0 Å². The van der Waals surface area contributed by atoms with Crippen LogP contribution in [-0.2, 0) is 11.3 Å². The topological polar surface area (TPSA) is 68.5 Å². The molecule has 0 saturated heterocycles. The number of esters is 1. The fourth-order valence-corrected chi connectivity index (χ4v) is 1.89. The molecule has 0 atom stereocenters. The molecule has 0 aliphatic carbocycles. The summed E-state index contributed by atoms with van der Waals surface area (Å²) in [6.45, 7) is 0.644. The minimum absolute atomic E-state index is 0.373. The van der Waals surface area contributed by atoms with Gasteiger partial charge in [-0.2, -0.15) is 0 Å². The lowest BCUT2D eigenvalue weighted by Gasteiger charge is -2.20. The van der Waals surface area contributed by atoms with E-state index in [2.05, 4.69) is 4.98 Å². The van der Waals surface area contributed by atoms with Crippen molar-refractivity contribution in [3.63, 3.8) is 0 Å². The molecule has 5 nitrogen and oxygen atoms in total.